The number of rotatable bonds is 2. The highest BCUT2D eigenvalue weighted by Crippen LogP contribution is 2.06. The summed E-state index contributed by atoms with van der Waals surface area (Å²) in [5.74, 6) is 0. The van der Waals surface area contributed by atoms with Gasteiger partial charge < -0.3 is 5.32 Å². The van der Waals surface area contributed by atoms with Crippen LogP contribution in [0.25, 0.3) is 0 Å². The van der Waals surface area contributed by atoms with Crippen LogP contribution in [0.3, 0.4) is 0 Å². The van der Waals surface area contributed by atoms with Gasteiger partial charge in [-0.1, -0.05) is 0 Å². The van der Waals surface area contributed by atoms with Crippen LogP contribution in [0, 0.1) is 0 Å². The molecule has 0 amide bonds. The zero-order valence-corrected chi connectivity index (χ0v) is 5.02. The Morgan fingerprint density at radius 2 is 2.62 bits per heavy atom. The summed E-state index contributed by atoms with van der Waals surface area (Å²) in [6, 6.07) is 0. The first-order valence-corrected chi connectivity index (χ1v) is 2.86. The third-order valence-electron chi connectivity index (χ3n) is 1.16. The van der Waals surface area contributed by atoms with Gasteiger partial charge in [0.1, 0.15) is 6.10 Å². The molecule has 0 radical (unpaired) electrons. The van der Waals surface area contributed by atoms with Crippen molar-refractivity contribution >= 4 is 0 Å². The monoisotopic (exact) mass is 117 g/mol. The van der Waals surface area contributed by atoms with E-state index in [1.165, 1.54) is 0 Å². The van der Waals surface area contributed by atoms with Gasteiger partial charge in [0, 0.05) is 13.0 Å². The van der Waals surface area contributed by atoms with E-state index in [1.54, 1.807) is 0 Å². The minimum absolute atomic E-state index is 0.278. The van der Waals surface area contributed by atoms with Crippen LogP contribution in [0.1, 0.15) is 6.42 Å². The molecule has 0 aliphatic carbocycles. The molecule has 48 valence electrons. The molecule has 8 heavy (non-hydrogen) atoms. The maximum absolute atomic E-state index is 4.83. The minimum atomic E-state index is 0.278. The zero-order valence-electron chi connectivity index (χ0n) is 5.02. The van der Waals surface area contributed by atoms with Crippen LogP contribution in [0.15, 0.2) is 0 Å². The maximum atomic E-state index is 4.83. The standard InChI is InChI=1S/C5H11NO2/c1-6-4-5-2-3-7-8-5/h5-6H,2-4H2,1H3. The normalized spacial score (nSPS) is 28.9. The molecule has 0 aromatic heterocycles. The number of likely N-dealkylation sites (N-methyl/N-ethyl adjacent to an activating group) is 1. The Morgan fingerprint density at radius 1 is 1.75 bits per heavy atom. The van der Waals surface area contributed by atoms with Crippen LogP contribution < -0.4 is 5.32 Å². The van der Waals surface area contributed by atoms with Gasteiger partial charge in [0.15, 0.2) is 0 Å². The Bertz CT molecular complexity index is 61.4. The van der Waals surface area contributed by atoms with E-state index in [1.807, 2.05) is 7.05 Å². The smallest absolute Gasteiger partial charge is 0.108 e. The Morgan fingerprint density at radius 3 is 3.12 bits per heavy atom. The van der Waals surface area contributed by atoms with Gasteiger partial charge in [-0.15, -0.1) is 0 Å². The Hall–Kier alpha value is -0.120. The Labute approximate surface area is 48.9 Å². The summed E-state index contributed by atoms with van der Waals surface area (Å²) in [5.41, 5.74) is 0. The summed E-state index contributed by atoms with van der Waals surface area (Å²) in [6.07, 6.45) is 1.29. The van der Waals surface area contributed by atoms with E-state index < -0.39 is 0 Å². The lowest BCUT2D eigenvalue weighted by molar-refractivity contribution is -0.272. The average molecular weight is 117 g/mol. The quantitative estimate of drug-likeness (QED) is 0.513. The molecule has 1 rings (SSSR count). The molecule has 1 N–H and O–H groups in total. The van der Waals surface area contributed by atoms with Gasteiger partial charge in [0.2, 0.25) is 0 Å². The van der Waals surface area contributed by atoms with Gasteiger partial charge in [-0.25, -0.2) is 9.78 Å². The largest absolute Gasteiger partial charge is 0.317 e. The summed E-state index contributed by atoms with van der Waals surface area (Å²) in [4.78, 5) is 9.50. The fourth-order valence-corrected chi connectivity index (χ4v) is 0.736. The van der Waals surface area contributed by atoms with Crippen molar-refractivity contribution in [2.75, 3.05) is 20.2 Å². The first-order chi connectivity index (χ1) is 3.93. The summed E-state index contributed by atoms with van der Waals surface area (Å²) in [6.45, 7) is 1.63. The van der Waals surface area contributed by atoms with E-state index in [0.717, 1.165) is 19.6 Å². The van der Waals surface area contributed by atoms with Crippen LogP contribution in [0.4, 0.5) is 0 Å². The molecule has 0 bridgehead atoms. The van der Waals surface area contributed by atoms with E-state index in [0.29, 0.717) is 0 Å². The predicted molar refractivity (Wildman–Crippen MR) is 29.4 cm³/mol. The average Bonchev–Trinajstić information content (AvgIpc) is 2.19. The highest BCUT2D eigenvalue weighted by molar-refractivity contribution is 4.60. The second kappa shape index (κ2) is 3.02. The fourth-order valence-electron chi connectivity index (χ4n) is 0.736. The first-order valence-electron chi connectivity index (χ1n) is 2.86. The third kappa shape index (κ3) is 1.43. The molecule has 0 saturated carbocycles. The minimum Gasteiger partial charge on any atom is -0.317 e. The highest BCUT2D eigenvalue weighted by Gasteiger charge is 2.14. The lowest BCUT2D eigenvalue weighted by Gasteiger charge is -2.02. The molecule has 1 fully saturated rings. The molecular formula is C5H11NO2. The van der Waals surface area contributed by atoms with E-state index in [9.17, 15) is 0 Å². The van der Waals surface area contributed by atoms with Gasteiger partial charge in [0.05, 0.1) is 6.61 Å². The summed E-state index contributed by atoms with van der Waals surface area (Å²) in [7, 11) is 1.90. The van der Waals surface area contributed by atoms with Crippen molar-refractivity contribution in [2.45, 2.75) is 12.5 Å². The molecule has 3 heteroatoms. The molecule has 3 nitrogen and oxygen atoms in total. The molecule has 1 atom stereocenters. The summed E-state index contributed by atoms with van der Waals surface area (Å²) < 4.78 is 0. The third-order valence-corrected chi connectivity index (χ3v) is 1.16. The van der Waals surface area contributed by atoms with Crippen LogP contribution in [-0.2, 0) is 9.78 Å². The molecule has 1 unspecified atom stereocenters. The Kier molecular flexibility index (Phi) is 2.27. The SMILES string of the molecule is CNCC1CCOO1. The van der Waals surface area contributed by atoms with Crippen LogP contribution in [0.5, 0.6) is 0 Å². The molecule has 0 aromatic carbocycles. The predicted octanol–water partition coefficient (Wildman–Crippen LogP) is -0.0737. The lowest BCUT2D eigenvalue weighted by atomic mass is 10.3. The molecule has 1 saturated heterocycles. The molecule has 0 aromatic rings. The molecule has 0 spiro atoms. The maximum Gasteiger partial charge on any atom is 0.108 e. The van der Waals surface area contributed by atoms with Crippen LogP contribution in [-0.4, -0.2) is 26.3 Å². The van der Waals surface area contributed by atoms with E-state index >= 15 is 0 Å². The van der Waals surface area contributed by atoms with E-state index in [4.69, 9.17) is 4.89 Å². The zero-order chi connectivity index (χ0) is 5.82. The van der Waals surface area contributed by atoms with Crippen molar-refractivity contribution in [3.8, 4) is 0 Å². The van der Waals surface area contributed by atoms with Crippen molar-refractivity contribution in [1.82, 2.24) is 5.32 Å². The van der Waals surface area contributed by atoms with Crippen molar-refractivity contribution in [3.63, 3.8) is 0 Å². The van der Waals surface area contributed by atoms with Gasteiger partial charge in [0.25, 0.3) is 0 Å². The van der Waals surface area contributed by atoms with Crippen molar-refractivity contribution < 1.29 is 9.78 Å². The fraction of sp³-hybridized carbons (Fsp3) is 1.00. The summed E-state index contributed by atoms with van der Waals surface area (Å²) in [5, 5.41) is 3.00. The topological polar surface area (TPSA) is 30.5 Å². The molecule has 1 aliphatic heterocycles. The molecule has 1 heterocycles. The number of hydrogen-bond acceptors (Lipinski definition) is 3. The van der Waals surface area contributed by atoms with Crippen molar-refractivity contribution in [1.29, 1.82) is 0 Å². The lowest BCUT2D eigenvalue weighted by Crippen LogP contribution is -2.22. The number of nitrogens with one attached hydrogen (secondary N) is 1. The van der Waals surface area contributed by atoms with Gasteiger partial charge >= 0.3 is 0 Å². The van der Waals surface area contributed by atoms with Crippen LogP contribution >= 0.6 is 0 Å². The number of hydrogen-bond donors (Lipinski definition) is 1. The van der Waals surface area contributed by atoms with Gasteiger partial charge in [-0.05, 0) is 7.05 Å². The highest BCUT2D eigenvalue weighted by atomic mass is 17.2. The van der Waals surface area contributed by atoms with Gasteiger partial charge in [-0.2, -0.15) is 0 Å². The molecular weight excluding hydrogens is 106 g/mol. The van der Waals surface area contributed by atoms with Crippen molar-refractivity contribution in [2.24, 2.45) is 0 Å². The van der Waals surface area contributed by atoms with E-state index in [2.05, 4.69) is 10.2 Å². The van der Waals surface area contributed by atoms with Gasteiger partial charge in [-0.3, -0.25) is 0 Å². The first kappa shape index (κ1) is 6.01. The van der Waals surface area contributed by atoms with E-state index in [-0.39, 0.29) is 6.10 Å². The van der Waals surface area contributed by atoms with Crippen molar-refractivity contribution in [3.05, 3.63) is 0 Å². The second-order valence-corrected chi connectivity index (χ2v) is 1.89. The second-order valence-electron chi connectivity index (χ2n) is 1.89. The molecule has 1 aliphatic rings. The van der Waals surface area contributed by atoms with Crippen LogP contribution in [0.2, 0.25) is 0 Å². The Balaban J connectivity index is 2.06. The summed E-state index contributed by atoms with van der Waals surface area (Å²) >= 11 is 0.